The third kappa shape index (κ3) is 7.82. The smallest absolute Gasteiger partial charge is 0.309 e. The van der Waals surface area contributed by atoms with Crippen molar-refractivity contribution in [1.82, 2.24) is 10.6 Å². The Labute approximate surface area is 247 Å². The van der Waals surface area contributed by atoms with E-state index in [4.69, 9.17) is 46.4 Å². The summed E-state index contributed by atoms with van der Waals surface area (Å²) in [5.74, 6) is 0.0843. The number of hydrogen-bond donors (Lipinski definition) is 6. The Bertz CT molecular complexity index is 1600. The maximum Gasteiger partial charge on any atom is 0.309 e. The van der Waals surface area contributed by atoms with Crippen molar-refractivity contribution in [2.45, 2.75) is 19.0 Å². The first-order valence-electron chi connectivity index (χ1n) is 10.5. The Balaban J connectivity index is 1.65. The van der Waals surface area contributed by atoms with Gasteiger partial charge in [-0.25, -0.2) is 9.98 Å². The van der Waals surface area contributed by atoms with Crippen LogP contribution in [0.2, 0.25) is 0 Å². The van der Waals surface area contributed by atoms with E-state index in [9.17, 15) is 25.9 Å². The molecule has 0 fully saturated rings. The number of hydrogen-bond acceptors (Lipinski definition) is 12. The molecule has 14 nitrogen and oxygen atoms in total. The van der Waals surface area contributed by atoms with Crippen molar-refractivity contribution in [3.05, 3.63) is 47.5 Å². The third-order valence-corrected chi connectivity index (χ3v) is 7.43. The monoisotopic (exact) mass is 668 g/mol. The standard InChI is InChI=1S/C20H16Cl4N8O6S2/c21-19(22)27-9-25-17(31-19)29-13-5-3-11(15(7-13)39(33,34)35)1-2-12-4-6-14(8-16(12)40(36,37)38)30-18-26-10-28-20(23,24)32-18/h1-10H,(H,33,34,35)(H,36,37,38)(H2,25,27,29,31)(H2,26,28,30,32). The lowest BCUT2D eigenvalue weighted by Crippen LogP contribution is -2.36. The molecule has 0 spiro atoms. The molecule has 4 rings (SSSR count). The number of benzene rings is 2. The summed E-state index contributed by atoms with van der Waals surface area (Å²) in [5, 5.41) is 10.8. The van der Waals surface area contributed by atoms with E-state index in [2.05, 4.69) is 41.2 Å². The SMILES string of the molecule is O=S(=O)(O)c1cc(NC2=NC(Cl)(Cl)N=CN2)ccc1C=Cc1ccc(NC2=NC(Cl)(Cl)N=CN2)cc1S(=O)(=O)O. The molecule has 0 aromatic heterocycles. The van der Waals surface area contributed by atoms with Gasteiger partial charge in [-0.1, -0.05) is 24.3 Å². The van der Waals surface area contributed by atoms with Crippen molar-refractivity contribution in [3.8, 4) is 0 Å². The van der Waals surface area contributed by atoms with E-state index in [0.717, 1.165) is 12.1 Å². The molecule has 2 aromatic carbocycles. The van der Waals surface area contributed by atoms with Crippen LogP contribution in [0.15, 0.2) is 66.2 Å². The fraction of sp³-hybridized carbons (Fsp3) is 0.100. The van der Waals surface area contributed by atoms with Crippen LogP contribution in [-0.2, 0) is 20.2 Å². The lowest BCUT2D eigenvalue weighted by molar-refractivity contribution is 0.480. The molecule has 0 amide bonds. The fourth-order valence-electron chi connectivity index (χ4n) is 3.26. The van der Waals surface area contributed by atoms with Crippen LogP contribution < -0.4 is 21.3 Å². The van der Waals surface area contributed by atoms with Gasteiger partial charge in [0.25, 0.3) is 20.2 Å². The van der Waals surface area contributed by atoms with Gasteiger partial charge < -0.3 is 21.3 Å². The molecular weight excluding hydrogens is 654 g/mol. The van der Waals surface area contributed by atoms with Crippen LogP contribution in [0, 0.1) is 0 Å². The zero-order valence-corrected chi connectivity index (χ0v) is 24.1. The van der Waals surface area contributed by atoms with Crippen LogP contribution in [-0.4, -0.2) is 59.7 Å². The number of nitrogens with one attached hydrogen (secondary N) is 4. The predicted molar refractivity (Wildman–Crippen MR) is 156 cm³/mol. The van der Waals surface area contributed by atoms with Gasteiger partial charge in [0.15, 0.2) is 0 Å². The van der Waals surface area contributed by atoms with E-state index in [1.807, 2.05) is 0 Å². The average molecular weight is 670 g/mol. The normalized spacial score (nSPS) is 17.9. The summed E-state index contributed by atoms with van der Waals surface area (Å²) in [5.41, 5.74) is 0.320. The molecular formula is C20H16Cl4N8O6S2. The zero-order chi connectivity index (χ0) is 29.3. The average Bonchev–Trinajstić information content (AvgIpc) is 2.81. The summed E-state index contributed by atoms with van der Waals surface area (Å²) in [6.45, 7) is 0. The Hall–Kier alpha value is -2.96. The van der Waals surface area contributed by atoms with E-state index in [0.29, 0.717) is 0 Å². The summed E-state index contributed by atoms with van der Waals surface area (Å²) in [6, 6.07) is 7.74. The van der Waals surface area contributed by atoms with Gasteiger partial charge in [-0.2, -0.15) is 26.8 Å². The summed E-state index contributed by atoms with van der Waals surface area (Å²) in [7, 11) is -9.51. The molecule has 0 unspecified atom stereocenters. The first-order valence-corrected chi connectivity index (χ1v) is 14.9. The number of halogens is 4. The minimum absolute atomic E-state index is 0.0127. The zero-order valence-electron chi connectivity index (χ0n) is 19.4. The molecule has 0 atom stereocenters. The number of rotatable bonds is 6. The number of nitrogens with zero attached hydrogens (tertiary/aromatic N) is 4. The van der Waals surface area contributed by atoms with Crippen LogP contribution >= 0.6 is 46.4 Å². The Kier molecular flexibility index (Phi) is 8.35. The molecule has 0 saturated carbocycles. The van der Waals surface area contributed by atoms with E-state index < -0.39 is 39.2 Å². The molecule has 0 saturated heterocycles. The Morgan fingerprint density at radius 3 is 1.40 bits per heavy atom. The second-order valence-corrected chi connectivity index (χ2v) is 13.1. The van der Waals surface area contributed by atoms with Crippen molar-refractivity contribution < 1.29 is 25.9 Å². The fourth-order valence-corrected chi connectivity index (χ4v) is 5.21. The maximum atomic E-state index is 12.1. The first-order chi connectivity index (χ1) is 18.5. The summed E-state index contributed by atoms with van der Waals surface area (Å²) in [6.07, 6.45) is 4.82. The van der Waals surface area contributed by atoms with Gasteiger partial charge in [-0.15, -0.1) is 0 Å². The first kappa shape index (κ1) is 30.0. The van der Waals surface area contributed by atoms with Crippen molar-refractivity contribution in [3.63, 3.8) is 0 Å². The van der Waals surface area contributed by atoms with Gasteiger partial charge in [0.2, 0.25) is 11.9 Å². The summed E-state index contributed by atoms with van der Waals surface area (Å²) in [4.78, 5) is 14.0. The number of guanidine groups is 2. The Morgan fingerprint density at radius 1 is 0.700 bits per heavy atom. The highest BCUT2D eigenvalue weighted by atomic mass is 35.5. The molecule has 6 N–H and O–H groups in total. The second-order valence-electron chi connectivity index (χ2n) is 7.78. The van der Waals surface area contributed by atoms with Gasteiger partial charge in [0, 0.05) is 11.4 Å². The van der Waals surface area contributed by atoms with Crippen LogP contribution in [0.25, 0.3) is 12.2 Å². The highest BCUT2D eigenvalue weighted by Crippen LogP contribution is 2.29. The number of anilines is 2. The van der Waals surface area contributed by atoms with Crippen molar-refractivity contribution >= 4 is 115 Å². The maximum absolute atomic E-state index is 12.1. The number of aliphatic imine (C=N–C) groups is 4. The summed E-state index contributed by atoms with van der Waals surface area (Å²) < 4.78 is 64.5. The second kappa shape index (κ2) is 11.1. The van der Waals surface area contributed by atoms with Crippen LogP contribution in [0.4, 0.5) is 11.4 Å². The minimum Gasteiger partial charge on any atom is -0.326 e. The van der Waals surface area contributed by atoms with Crippen LogP contribution in [0.5, 0.6) is 0 Å². The quantitative estimate of drug-likeness (QED) is 0.114. The van der Waals surface area contributed by atoms with Gasteiger partial charge in [-0.3, -0.25) is 9.11 Å². The molecule has 40 heavy (non-hydrogen) atoms. The molecule has 0 radical (unpaired) electrons. The third-order valence-electron chi connectivity index (χ3n) is 4.89. The lowest BCUT2D eigenvalue weighted by Gasteiger charge is -2.19. The van der Waals surface area contributed by atoms with Gasteiger partial charge in [0.1, 0.15) is 9.79 Å². The minimum atomic E-state index is -4.76. The summed E-state index contributed by atoms with van der Waals surface area (Å²) >= 11 is 23.4. The lowest BCUT2D eigenvalue weighted by atomic mass is 10.1. The topological polar surface area (TPSA) is 206 Å². The van der Waals surface area contributed by atoms with E-state index >= 15 is 0 Å². The Morgan fingerprint density at radius 2 is 1.07 bits per heavy atom. The van der Waals surface area contributed by atoms with Crippen LogP contribution in [0.1, 0.15) is 11.1 Å². The highest BCUT2D eigenvalue weighted by Gasteiger charge is 2.26. The van der Waals surface area contributed by atoms with Crippen molar-refractivity contribution in [2.24, 2.45) is 20.0 Å². The predicted octanol–water partition coefficient (Wildman–Crippen LogP) is 3.33. The molecule has 2 heterocycles. The van der Waals surface area contributed by atoms with Gasteiger partial charge in [-0.05, 0) is 81.8 Å². The molecule has 0 bridgehead atoms. The molecule has 2 aliphatic heterocycles. The van der Waals surface area contributed by atoms with E-state index in [1.54, 1.807) is 0 Å². The molecule has 2 aliphatic rings. The number of alkyl halides is 4. The highest BCUT2D eigenvalue weighted by molar-refractivity contribution is 7.86. The molecule has 212 valence electrons. The van der Waals surface area contributed by atoms with E-state index in [-0.39, 0.29) is 34.4 Å². The van der Waals surface area contributed by atoms with Crippen LogP contribution in [0.3, 0.4) is 0 Å². The van der Waals surface area contributed by atoms with Crippen molar-refractivity contribution in [2.75, 3.05) is 10.6 Å². The van der Waals surface area contributed by atoms with E-state index in [1.165, 1.54) is 49.1 Å². The molecule has 0 aliphatic carbocycles. The van der Waals surface area contributed by atoms with Crippen molar-refractivity contribution in [1.29, 1.82) is 0 Å². The van der Waals surface area contributed by atoms with Gasteiger partial charge in [0.05, 0.1) is 12.7 Å². The molecule has 2 aromatic rings. The largest absolute Gasteiger partial charge is 0.326 e. The van der Waals surface area contributed by atoms with Gasteiger partial charge >= 0.3 is 9.16 Å². The molecule has 20 heteroatoms.